The van der Waals surface area contributed by atoms with Crippen molar-refractivity contribution < 1.29 is 13.2 Å². The van der Waals surface area contributed by atoms with Crippen molar-refractivity contribution in [2.24, 2.45) is 0 Å². The highest BCUT2D eigenvalue weighted by molar-refractivity contribution is 9.10. The van der Waals surface area contributed by atoms with Crippen LogP contribution in [0.3, 0.4) is 0 Å². The zero-order chi connectivity index (χ0) is 15.7. The lowest BCUT2D eigenvalue weighted by molar-refractivity contribution is 0.582. The predicted octanol–water partition coefficient (Wildman–Crippen LogP) is 6.35. The second-order valence-corrected chi connectivity index (χ2v) is 6.01. The molecule has 0 aliphatic heterocycles. The molecule has 2 rings (SSSR count). The van der Waals surface area contributed by atoms with E-state index in [1.165, 1.54) is 6.07 Å². The molecule has 21 heavy (non-hydrogen) atoms. The van der Waals surface area contributed by atoms with Gasteiger partial charge in [-0.25, -0.2) is 13.2 Å². The Morgan fingerprint density at radius 3 is 2.38 bits per heavy atom. The monoisotopic (exact) mass is 397 g/mol. The van der Waals surface area contributed by atoms with E-state index in [-0.39, 0.29) is 20.2 Å². The van der Waals surface area contributed by atoms with Crippen LogP contribution in [-0.2, 0) is 0 Å². The number of benzene rings is 2. The fourth-order valence-corrected chi connectivity index (χ4v) is 3.13. The van der Waals surface area contributed by atoms with Gasteiger partial charge < -0.3 is 5.32 Å². The standard InChI is InChI=1S/C14H9BrCl2F3N/c1-6(12-9(16)2-3-10(19)13(12)17)21-14-8(15)4-7(18)5-11(14)20/h2-6,21H,1H3. The second kappa shape index (κ2) is 6.46. The Hall–Kier alpha value is -0.910. The zero-order valence-corrected chi connectivity index (χ0v) is 13.8. The normalized spacial score (nSPS) is 12.3. The summed E-state index contributed by atoms with van der Waals surface area (Å²) < 4.78 is 40.6. The Labute approximate surface area is 138 Å². The van der Waals surface area contributed by atoms with E-state index >= 15 is 0 Å². The maximum Gasteiger partial charge on any atom is 0.150 e. The number of rotatable bonds is 3. The molecular weight excluding hydrogens is 390 g/mol. The van der Waals surface area contributed by atoms with Gasteiger partial charge in [-0.15, -0.1) is 0 Å². The summed E-state index contributed by atoms with van der Waals surface area (Å²) in [4.78, 5) is 0. The summed E-state index contributed by atoms with van der Waals surface area (Å²) in [5, 5.41) is 2.92. The molecule has 0 saturated carbocycles. The van der Waals surface area contributed by atoms with E-state index in [0.29, 0.717) is 5.56 Å². The maximum atomic E-state index is 13.8. The maximum absolute atomic E-state index is 13.8. The third kappa shape index (κ3) is 3.47. The minimum atomic E-state index is -0.780. The fraction of sp³-hybridized carbons (Fsp3) is 0.143. The summed E-state index contributed by atoms with van der Waals surface area (Å²) in [5.74, 6) is -2.11. The van der Waals surface area contributed by atoms with Gasteiger partial charge in [-0.05, 0) is 41.1 Å². The SMILES string of the molecule is CC(Nc1c(F)cc(F)cc1Br)c1c(Cl)ccc(F)c1Cl. The quantitative estimate of drug-likeness (QED) is 0.594. The first-order valence-corrected chi connectivity index (χ1v) is 7.40. The molecule has 112 valence electrons. The summed E-state index contributed by atoms with van der Waals surface area (Å²) in [6.07, 6.45) is 0. The van der Waals surface area contributed by atoms with Crippen LogP contribution in [0.4, 0.5) is 18.9 Å². The molecule has 0 spiro atoms. The first kappa shape index (κ1) is 16.5. The molecule has 0 bridgehead atoms. The van der Waals surface area contributed by atoms with Crippen molar-refractivity contribution in [3.8, 4) is 0 Å². The highest BCUT2D eigenvalue weighted by atomic mass is 79.9. The van der Waals surface area contributed by atoms with Crippen molar-refractivity contribution in [1.82, 2.24) is 0 Å². The van der Waals surface area contributed by atoms with Crippen LogP contribution in [0.1, 0.15) is 18.5 Å². The molecule has 2 aromatic rings. The summed E-state index contributed by atoms with van der Waals surface area (Å²) in [7, 11) is 0. The molecule has 7 heteroatoms. The topological polar surface area (TPSA) is 12.0 Å². The average Bonchev–Trinajstić information content (AvgIpc) is 2.38. The largest absolute Gasteiger partial charge is 0.375 e. The Balaban J connectivity index is 2.40. The molecule has 0 fully saturated rings. The lowest BCUT2D eigenvalue weighted by atomic mass is 10.1. The Morgan fingerprint density at radius 2 is 1.76 bits per heavy atom. The van der Waals surface area contributed by atoms with Crippen molar-refractivity contribution in [2.45, 2.75) is 13.0 Å². The fourth-order valence-electron chi connectivity index (χ4n) is 1.91. The minimum Gasteiger partial charge on any atom is -0.375 e. The van der Waals surface area contributed by atoms with E-state index in [2.05, 4.69) is 21.2 Å². The van der Waals surface area contributed by atoms with Crippen molar-refractivity contribution >= 4 is 44.8 Å². The predicted molar refractivity (Wildman–Crippen MR) is 82.5 cm³/mol. The number of hydrogen-bond donors (Lipinski definition) is 1. The van der Waals surface area contributed by atoms with Crippen LogP contribution in [0, 0.1) is 17.5 Å². The number of hydrogen-bond acceptors (Lipinski definition) is 1. The van der Waals surface area contributed by atoms with E-state index < -0.39 is 23.5 Å². The molecule has 2 aromatic carbocycles. The number of anilines is 1. The highest BCUT2D eigenvalue weighted by Gasteiger charge is 2.19. The Morgan fingerprint density at radius 1 is 1.10 bits per heavy atom. The summed E-state index contributed by atoms with van der Waals surface area (Å²) >= 11 is 15.0. The molecular formula is C14H9BrCl2F3N. The van der Waals surface area contributed by atoms with Crippen LogP contribution in [0.5, 0.6) is 0 Å². The highest BCUT2D eigenvalue weighted by Crippen LogP contribution is 2.36. The van der Waals surface area contributed by atoms with Gasteiger partial charge in [-0.3, -0.25) is 0 Å². The van der Waals surface area contributed by atoms with E-state index in [0.717, 1.165) is 18.2 Å². The lowest BCUT2D eigenvalue weighted by Crippen LogP contribution is -2.10. The molecule has 0 aliphatic carbocycles. The summed E-state index contributed by atoms with van der Waals surface area (Å²) in [6, 6.07) is 3.79. The van der Waals surface area contributed by atoms with Crippen LogP contribution < -0.4 is 5.32 Å². The van der Waals surface area contributed by atoms with Crippen LogP contribution in [0.2, 0.25) is 10.0 Å². The number of halogens is 6. The Kier molecular flexibility index (Phi) is 5.07. The molecule has 0 radical (unpaired) electrons. The minimum absolute atomic E-state index is 0.0419. The molecule has 0 heterocycles. The smallest absolute Gasteiger partial charge is 0.150 e. The first-order chi connectivity index (χ1) is 9.81. The van der Waals surface area contributed by atoms with E-state index in [9.17, 15) is 13.2 Å². The zero-order valence-electron chi connectivity index (χ0n) is 10.7. The van der Waals surface area contributed by atoms with Gasteiger partial charge in [0, 0.05) is 21.1 Å². The van der Waals surface area contributed by atoms with Gasteiger partial charge in [0.25, 0.3) is 0 Å². The van der Waals surface area contributed by atoms with Crippen molar-refractivity contribution in [3.63, 3.8) is 0 Å². The van der Waals surface area contributed by atoms with Gasteiger partial charge in [-0.2, -0.15) is 0 Å². The molecule has 1 unspecified atom stereocenters. The van der Waals surface area contributed by atoms with Crippen LogP contribution >= 0.6 is 39.1 Å². The van der Waals surface area contributed by atoms with Gasteiger partial charge >= 0.3 is 0 Å². The van der Waals surface area contributed by atoms with Gasteiger partial charge in [-0.1, -0.05) is 23.2 Å². The van der Waals surface area contributed by atoms with Gasteiger partial charge in [0.05, 0.1) is 16.8 Å². The molecule has 1 atom stereocenters. The van der Waals surface area contributed by atoms with Crippen molar-refractivity contribution in [1.29, 1.82) is 0 Å². The van der Waals surface area contributed by atoms with Gasteiger partial charge in [0.15, 0.2) is 0 Å². The number of nitrogens with one attached hydrogen (secondary N) is 1. The molecule has 1 N–H and O–H groups in total. The summed E-state index contributed by atoms with van der Waals surface area (Å²) in [6.45, 7) is 1.64. The summed E-state index contributed by atoms with van der Waals surface area (Å²) in [5.41, 5.74) is 0.342. The molecule has 0 amide bonds. The average molecular weight is 399 g/mol. The molecule has 0 saturated heterocycles. The van der Waals surface area contributed by atoms with Crippen LogP contribution in [0.15, 0.2) is 28.7 Å². The lowest BCUT2D eigenvalue weighted by Gasteiger charge is -2.20. The third-order valence-electron chi connectivity index (χ3n) is 2.88. The van der Waals surface area contributed by atoms with Crippen molar-refractivity contribution in [3.05, 3.63) is 61.8 Å². The second-order valence-electron chi connectivity index (χ2n) is 4.37. The molecule has 0 aliphatic rings. The van der Waals surface area contributed by atoms with Crippen molar-refractivity contribution in [2.75, 3.05) is 5.32 Å². The van der Waals surface area contributed by atoms with Crippen LogP contribution in [-0.4, -0.2) is 0 Å². The first-order valence-electron chi connectivity index (χ1n) is 5.85. The molecule has 0 aromatic heterocycles. The molecule has 1 nitrogen and oxygen atoms in total. The Bertz CT molecular complexity index is 671. The van der Waals surface area contributed by atoms with E-state index in [4.69, 9.17) is 23.2 Å². The third-order valence-corrected chi connectivity index (χ3v) is 4.22. The van der Waals surface area contributed by atoms with Gasteiger partial charge in [0.1, 0.15) is 17.5 Å². The van der Waals surface area contributed by atoms with E-state index in [1.54, 1.807) is 6.92 Å². The van der Waals surface area contributed by atoms with Gasteiger partial charge in [0.2, 0.25) is 0 Å². The van der Waals surface area contributed by atoms with E-state index in [1.807, 2.05) is 0 Å². The van der Waals surface area contributed by atoms with Crippen LogP contribution in [0.25, 0.3) is 0 Å².